The number of fused-ring (bicyclic) bond motifs is 1. The van der Waals surface area contributed by atoms with Crippen molar-refractivity contribution in [2.24, 2.45) is 0 Å². The molecule has 0 saturated carbocycles. The van der Waals surface area contributed by atoms with Crippen LogP contribution in [0.25, 0.3) is 0 Å². The van der Waals surface area contributed by atoms with E-state index in [0.29, 0.717) is 29.2 Å². The van der Waals surface area contributed by atoms with Crippen LogP contribution in [0.4, 0.5) is 0 Å². The maximum Gasteiger partial charge on any atom is 0.203 e. The van der Waals surface area contributed by atoms with Crippen LogP contribution in [0.1, 0.15) is 67.1 Å². The fourth-order valence-electron chi connectivity index (χ4n) is 3.89. The van der Waals surface area contributed by atoms with E-state index in [9.17, 15) is 9.90 Å². The van der Waals surface area contributed by atoms with Gasteiger partial charge in [-0.15, -0.1) is 0 Å². The summed E-state index contributed by atoms with van der Waals surface area (Å²) in [5, 5.41) is 9.81. The second kappa shape index (κ2) is 10.7. The molecule has 0 spiro atoms. The van der Waals surface area contributed by atoms with Crippen molar-refractivity contribution in [3.8, 4) is 17.2 Å². The standard InChI is InChI=1S/C27H34O5/c1-5-7-8-19-9-11-21(25(16-19)30-15-6-2)23(29)18-31-26-20(17-28)10-12-24-22(26)13-14-27(3,4)32-24/h6,9-12,16,28H,2,5,7-8,13-15,17-18H2,1,3-4H3. The van der Waals surface area contributed by atoms with E-state index >= 15 is 0 Å². The van der Waals surface area contributed by atoms with Crippen LogP contribution >= 0.6 is 0 Å². The van der Waals surface area contributed by atoms with E-state index in [0.717, 1.165) is 49.0 Å². The van der Waals surface area contributed by atoms with Gasteiger partial charge in [-0.05, 0) is 69.4 Å². The molecule has 1 heterocycles. The molecular formula is C27H34O5. The van der Waals surface area contributed by atoms with Gasteiger partial charge in [0.15, 0.2) is 6.61 Å². The first-order valence-electron chi connectivity index (χ1n) is 11.4. The predicted molar refractivity (Wildman–Crippen MR) is 126 cm³/mol. The zero-order chi connectivity index (χ0) is 23.1. The molecule has 0 atom stereocenters. The minimum absolute atomic E-state index is 0.147. The summed E-state index contributed by atoms with van der Waals surface area (Å²) < 4.78 is 17.9. The monoisotopic (exact) mass is 438 g/mol. The molecule has 1 aliphatic rings. The highest BCUT2D eigenvalue weighted by Crippen LogP contribution is 2.40. The van der Waals surface area contributed by atoms with Gasteiger partial charge in [0.05, 0.1) is 12.2 Å². The van der Waals surface area contributed by atoms with Gasteiger partial charge in [-0.3, -0.25) is 4.79 Å². The van der Waals surface area contributed by atoms with Crippen molar-refractivity contribution < 1.29 is 24.1 Å². The van der Waals surface area contributed by atoms with Crippen molar-refractivity contribution >= 4 is 5.78 Å². The quantitative estimate of drug-likeness (QED) is 0.373. The van der Waals surface area contributed by atoms with Crippen molar-refractivity contribution in [2.45, 2.75) is 65.1 Å². The van der Waals surface area contributed by atoms with Crippen molar-refractivity contribution in [1.29, 1.82) is 0 Å². The second-order valence-corrected chi connectivity index (χ2v) is 8.80. The van der Waals surface area contributed by atoms with Crippen LogP contribution < -0.4 is 14.2 Å². The highest BCUT2D eigenvalue weighted by Gasteiger charge is 2.30. The molecule has 0 fully saturated rings. The molecule has 2 aromatic carbocycles. The number of ether oxygens (including phenoxy) is 3. The molecule has 1 N–H and O–H groups in total. The van der Waals surface area contributed by atoms with Gasteiger partial charge < -0.3 is 19.3 Å². The van der Waals surface area contributed by atoms with E-state index in [4.69, 9.17) is 14.2 Å². The van der Waals surface area contributed by atoms with Gasteiger partial charge in [-0.1, -0.05) is 32.1 Å². The average Bonchev–Trinajstić information content (AvgIpc) is 2.78. The highest BCUT2D eigenvalue weighted by molar-refractivity contribution is 5.99. The molecule has 0 aromatic heterocycles. The van der Waals surface area contributed by atoms with Gasteiger partial charge in [-0.2, -0.15) is 0 Å². The van der Waals surface area contributed by atoms with Gasteiger partial charge in [0.2, 0.25) is 5.78 Å². The first-order chi connectivity index (χ1) is 15.4. The first kappa shape index (κ1) is 23.9. The van der Waals surface area contributed by atoms with Gasteiger partial charge >= 0.3 is 0 Å². The van der Waals surface area contributed by atoms with Crippen molar-refractivity contribution in [3.05, 3.63) is 65.2 Å². The second-order valence-electron chi connectivity index (χ2n) is 8.80. The molecule has 1 aliphatic heterocycles. The number of hydrogen-bond acceptors (Lipinski definition) is 5. The molecule has 0 amide bonds. The maximum absolute atomic E-state index is 13.1. The molecule has 0 aliphatic carbocycles. The molecule has 5 nitrogen and oxygen atoms in total. The van der Waals surface area contributed by atoms with Gasteiger partial charge in [-0.25, -0.2) is 0 Å². The first-order valence-corrected chi connectivity index (χ1v) is 11.4. The van der Waals surface area contributed by atoms with E-state index in [2.05, 4.69) is 27.4 Å². The van der Waals surface area contributed by atoms with Crippen LogP contribution in [0.15, 0.2) is 43.0 Å². The Balaban J connectivity index is 1.81. The third-order valence-corrected chi connectivity index (χ3v) is 5.70. The maximum atomic E-state index is 13.1. The van der Waals surface area contributed by atoms with Crippen LogP contribution in [-0.4, -0.2) is 29.7 Å². The number of aliphatic hydroxyl groups excluding tert-OH is 1. The average molecular weight is 439 g/mol. The number of Topliss-reactive ketones (excluding diaryl/α,β-unsaturated/α-hetero) is 1. The lowest BCUT2D eigenvalue weighted by Gasteiger charge is -2.33. The Morgan fingerprint density at radius 3 is 2.78 bits per heavy atom. The number of benzene rings is 2. The fraction of sp³-hybridized carbons (Fsp3) is 0.444. The molecule has 0 unspecified atom stereocenters. The van der Waals surface area contributed by atoms with Crippen molar-refractivity contribution in [2.75, 3.05) is 13.2 Å². The Bertz CT molecular complexity index is 961. The summed E-state index contributed by atoms with van der Waals surface area (Å²) in [6.07, 6.45) is 6.39. The van der Waals surface area contributed by atoms with E-state index < -0.39 is 0 Å². The summed E-state index contributed by atoms with van der Waals surface area (Å²) >= 11 is 0. The lowest BCUT2D eigenvalue weighted by atomic mass is 9.92. The number of aryl methyl sites for hydroxylation is 1. The van der Waals surface area contributed by atoms with Crippen LogP contribution in [-0.2, 0) is 19.4 Å². The normalized spacial score (nSPS) is 14.2. The summed E-state index contributed by atoms with van der Waals surface area (Å²) in [5.74, 6) is 1.66. The third kappa shape index (κ3) is 5.71. The van der Waals surface area contributed by atoms with Crippen molar-refractivity contribution in [1.82, 2.24) is 0 Å². The molecule has 3 rings (SSSR count). The SMILES string of the molecule is C=CCOc1cc(CCCC)ccc1C(=O)COc1c(CO)ccc2c1CCC(C)(C)O2. The molecule has 0 bridgehead atoms. The summed E-state index contributed by atoms with van der Waals surface area (Å²) in [4.78, 5) is 13.1. The zero-order valence-corrected chi connectivity index (χ0v) is 19.4. The smallest absolute Gasteiger partial charge is 0.203 e. The lowest BCUT2D eigenvalue weighted by molar-refractivity contribution is 0.0813. The summed E-state index contributed by atoms with van der Waals surface area (Å²) in [6, 6.07) is 9.39. The predicted octanol–water partition coefficient (Wildman–Crippen LogP) is 5.45. The van der Waals surface area contributed by atoms with Crippen LogP contribution in [0.5, 0.6) is 17.2 Å². The Morgan fingerprint density at radius 2 is 2.06 bits per heavy atom. The van der Waals surface area contributed by atoms with Crippen LogP contribution in [0.3, 0.4) is 0 Å². The molecule has 2 aromatic rings. The third-order valence-electron chi connectivity index (χ3n) is 5.70. The molecular weight excluding hydrogens is 404 g/mol. The summed E-state index contributed by atoms with van der Waals surface area (Å²) in [6.45, 7) is 9.96. The number of rotatable bonds is 11. The number of carbonyl (C=O) groups excluding carboxylic acids is 1. The molecule has 5 heteroatoms. The lowest BCUT2D eigenvalue weighted by Crippen LogP contribution is -2.33. The van der Waals surface area contributed by atoms with E-state index in [-0.39, 0.29) is 24.6 Å². The van der Waals surface area contributed by atoms with Crippen molar-refractivity contribution in [3.63, 3.8) is 0 Å². The summed E-state index contributed by atoms with van der Waals surface area (Å²) in [7, 11) is 0. The number of aliphatic hydroxyl groups is 1. The van der Waals surface area contributed by atoms with Crippen LogP contribution in [0.2, 0.25) is 0 Å². The van der Waals surface area contributed by atoms with Gasteiger partial charge in [0, 0.05) is 11.1 Å². The fourth-order valence-corrected chi connectivity index (χ4v) is 3.89. The Kier molecular flexibility index (Phi) is 7.97. The molecule has 0 radical (unpaired) electrons. The number of hydrogen-bond donors (Lipinski definition) is 1. The van der Waals surface area contributed by atoms with E-state index in [1.807, 2.05) is 24.3 Å². The number of unbranched alkanes of at least 4 members (excludes halogenated alkanes) is 1. The number of ketones is 1. The van der Waals surface area contributed by atoms with E-state index in [1.165, 1.54) is 0 Å². The zero-order valence-electron chi connectivity index (χ0n) is 19.4. The Hall–Kier alpha value is -2.79. The largest absolute Gasteiger partial charge is 0.489 e. The Labute approximate surface area is 191 Å². The van der Waals surface area contributed by atoms with Crippen LogP contribution in [0, 0.1) is 0 Å². The summed E-state index contributed by atoms with van der Waals surface area (Å²) in [5.41, 5.74) is 2.93. The minimum Gasteiger partial charge on any atom is -0.489 e. The topological polar surface area (TPSA) is 65.0 Å². The highest BCUT2D eigenvalue weighted by atomic mass is 16.5. The molecule has 172 valence electrons. The van der Waals surface area contributed by atoms with Gasteiger partial charge in [0.25, 0.3) is 0 Å². The molecule has 32 heavy (non-hydrogen) atoms. The molecule has 0 saturated heterocycles. The van der Waals surface area contributed by atoms with E-state index in [1.54, 1.807) is 12.1 Å². The van der Waals surface area contributed by atoms with Gasteiger partial charge in [0.1, 0.15) is 29.5 Å². The Morgan fingerprint density at radius 1 is 1.25 bits per heavy atom. The minimum atomic E-state index is -0.252. The number of carbonyl (C=O) groups is 1.